The van der Waals surface area contributed by atoms with Gasteiger partial charge in [0, 0.05) is 44.7 Å². The maximum atomic E-state index is 14.2. The van der Waals surface area contributed by atoms with Crippen molar-refractivity contribution in [1.82, 2.24) is 14.7 Å². The van der Waals surface area contributed by atoms with E-state index in [1.54, 1.807) is 27.9 Å². The summed E-state index contributed by atoms with van der Waals surface area (Å²) in [6, 6.07) is -0.182. The largest absolute Gasteiger partial charge is 0.463 e. The third kappa shape index (κ3) is 9.36. The van der Waals surface area contributed by atoms with Gasteiger partial charge in [-0.25, -0.2) is 0 Å². The van der Waals surface area contributed by atoms with E-state index in [2.05, 4.69) is 36.8 Å². The highest BCUT2D eigenvalue weighted by molar-refractivity contribution is 6.04. The van der Waals surface area contributed by atoms with Gasteiger partial charge in [0.05, 0.1) is 17.8 Å². The van der Waals surface area contributed by atoms with Crippen LogP contribution < -0.4 is 0 Å². The molecule has 3 aliphatic heterocycles. The van der Waals surface area contributed by atoms with Crippen LogP contribution in [0, 0.1) is 17.3 Å². The molecule has 260 valence electrons. The number of methoxy groups -OCH3 is 1. The van der Waals surface area contributed by atoms with Crippen molar-refractivity contribution < 1.29 is 33.6 Å². The molecule has 0 aliphatic carbocycles. The van der Waals surface area contributed by atoms with Crippen molar-refractivity contribution in [2.75, 3.05) is 61.0 Å². The van der Waals surface area contributed by atoms with E-state index in [0.717, 1.165) is 45.4 Å². The van der Waals surface area contributed by atoms with E-state index in [1.165, 1.54) is 5.57 Å². The number of Topliss-reactive ketones (excluding diaryl/α,β-unsaturated/α-hetero) is 1. The number of likely N-dealkylation sites (N-methyl/N-ethyl adjacent to an activating group) is 2. The number of carbonyl (C=O) groups excluding carboxylic acids is 2. The molecule has 10 heteroatoms. The second-order valence-electron chi connectivity index (χ2n) is 15.0. The normalized spacial score (nSPS) is 38.2. The highest BCUT2D eigenvalue weighted by Gasteiger charge is 2.51. The summed E-state index contributed by atoms with van der Waals surface area (Å²) in [6.45, 7) is 17.5. The van der Waals surface area contributed by atoms with Crippen molar-refractivity contribution in [2.24, 2.45) is 17.3 Å². The fourth-order valence-electron chi connectivity index (χ4n) is 7.56. The Morgan fingerprint density at radius 3 is 2.42 bits per heavy atom. The Bertz CT molecular complexity index is 1020. The van der Waals surface area contributed by atoms with E-state index in [1.807, 2.05) is 32.8 Å². The monoisotopic (exact) mass is 637 g/mol. The Balaban J connectivity index is 1.93. The zero-order chi connectivity index (χ0) is 33.7. The molecule has 3 rings (SSSR count). The third-order valence-corrected chi connectivity index (χ3v) is 10.4. The summed E-state index contributed by atoms with van der Waals surface area (Å²) in [7, 11) is 7.59. The standard InChI is InChI=1S/C35H63N3O7/c1-12-15-38-16-13-26(14-17-38)19-27-22-43-33(41)34(5,6)30(40)25(4)31(35(7,42-11)20-23(2)21-37(27)10)45-32-29(39)28(36(8)9)18-24(3)44-32/h13,23-25,27-29,31-32,39H,12,14-22H2,1-11H3/t23-,24-,25+,27-,28+,29-,31-,32+,35-/m1/s1. The molecule has 1 N–H and O–H groups in total. The number of nitrogens with zero attached hydrogens (tertiary/aromatic N) is 3. The van der Waals surface area contributed by atoms with Gasteiger partial charge in [-0.3, -0.25) is 19.4 Å². The molecular formula is C35H63N3O7. The number of carbonyl (C=O) groups is 2. The summed E-state index contributed by atoms with van der Waals surface area (Å²) < 4.78 is 25.0. The van der Waals surface area contributed by atoms with Crippen LogP contribution in [0.3, 0.4) is 0 Å². The second-order valence-corrected chi connectivity index (χ2v) is 15.0. The smallest absolute Gasteiger partial charge is 0.319 e. The average Bonchev–Trinajstić information content (AvgIpc) is 2.98. The zero-order valence-electron chi connectivity index (χ0n) is 30.0. The van der Waals surface area contributed by atoms with Crippen molar-refractivity contribution in [1.29, 1.82) is 0 Å². The number of hydrogen-bond donors (Lipinski definition) is 1. The van der Waals surface area contributed by atoms with E-state index >= 15 is 0 Å². The fourth-order valence-corrected chi connectivity index (χ4v) is 7.56. The van der Waals surface area contributed by atoms with Crippen LogP contribution in [0.1, 0.15) is 80.6 Å². The van der Waals surface area contributed by atoms with E-state index < -0.39 is 41.4 Å². The summed E-state index contributed by atoms with van der Waals surface area (Å²) in [6.07, 6.45) is 3.75. The van der Waals surface area contributed by atoms with Crippen molar-refractivity contribution in [3.8, 4) is 0 Å². The summed E-state index contributed by atoms with van der Waals surface area (Å²) in [5.74, 6) is -1.41. The van der Waals surface area contributed by atoms with Crippen LogP contribution in [0.5, 0.6) is 0 Å². The highest BCUT2D eigenvalue weighted by atomic mass is 16.7. The molecule has 0 amide bonds. The van der Waals surface area contributed by atoms with Crippen LogP contribution in [0.25, 0.3) is 0 Å². The lowest BCUT2D eigenvalue weighted by atomic mass is 9.74. The predicted octanol–water partition coefficient (Wildman–Crippen LogP) is 3.75. The summed E-state index contributed by atoms with van der Waals surface area (Å²) in [5.41, 5.74) is -0.928. The molecule has 3 heterocycles. The van der Waals surface area contributed by atoms with Crippen molar-refractivity contribution in [2.45, 2.75) is 123 Å². The van der Waals surface area contributed by atoms with Gasteiger partial charge in [-0.15, -0.1) is 0 Å². The lowest BCUT2D eigenvalue weighted by molar-refractivity contribution is -0.295. The Hall–Kier alpha value is -1.40. The molecule has 45 heavy (non-hydrogen) atoms. The molecule has 9 atom stereocenters. The van der Waals surface area contributed by atoms with Gasteiger partial charge < -0.3 is 29.0 Å². The first-order valence-corrected chi connectivity index (χ1v) is 17.1. The number of aliphatic hydroxyl groups is 1. The van der Waals surface area contributed by atoms with Gasteiger partial charge in [0.15, 0.2) is 12.1 Å². The second kappa shape index (κ2) is 16.1. The molecule has 0 aromatic heterocycles. The van der Waals surface area contributed by atoms with Crippen LogP contribution in [-0.2, 0) is 28.5 Å². The highest BCUT2D eigenvalue weighted by Crippen LogP contribution is 2.38. The number of rotatable bonds is 8. The first-order chi connectivity index (χ1) is 21.0. The number of aliphatic hydroxyl groups excluding tert-OH is 1. The quantitative estimate of drug-likeness (QED) is 0.241. The molecule has 0 spiro atoms. The fraction of sp³-hybridized carbons (Fsp3) is 0.886. The van der Waals surface area contributed by atoms with Gasteiger partial charge in [0.1, 0.15) is 18.1 Å². The minimum absolute atomic E-state index is 0.0134. The van der Waals surface area contributed by atoms with Crippen LogP contribution in [-0.4, -0.2) is 135 Å². The van der Waals surface area contributed by atoms with E-state index in [4.69, 9.17) is 18.9 Å². The van der Waals surface area contributed by atoms with Gasteiger partial charge in [-0.2, -0.15) is 0 Å². The molecule has 2 saturated heterocycles. The number of ketones is 1. The topological polar surface area (TPSA) is 101 Å². The summed E-state index contributed by atoms with van der Waals surface area (Å²) in [5, 5.41) is 11.3. The van der Waals surface area contributed by atoms with Gasteiger partial charge in [0.25, 0.3) is 0 Å². The number of ether oxygens (including phenoxy) is 4. The Kier molecular flexibility index (Phi) is 13.6. The maximum absolute atomic E-state index is 14.2. The molecule has 0 saturated carbocycles. The molecule has 10 nitrogen and oxygen atoms in total. The van der Waals surface area contributed by atoms with Crippen LogP contribution in [0.4, 0.5) is 0 Å². The van der Waals surface area contributed by atoms with Crippen LogP contribution in [0.15, 0.2) is 11.6 Å². The average molecular weight is 638 g/mol. The molecule has 0 bridgehead atoms. The SMILES string of the molecule is CCCN1CC=C(C[C@@H]2COC(=O)C(C)(C)C(=O)[C@H](C)[C@@H](O[C@@H]3O[C@H](C)C[C@H](N(C)C)[C@H]3O)[C@](C)(OC)C[C@@H](C)CN2C)CC1. The Morgan fingerprint density at radius 1 is 1.16 bits per heavy atom. The Labute approximate surface area is 272 Å². The number of esters is 1. The molecule has 3 aliphatic rings. The predicted molar refractivity (Wildman–Crippen MR) is 176 cm³/mol. The zero-order valence-corrected chi connectivity index (χ0v) is 30.0. The minimum atomic E-state index is -1.41. The molecule has 0 aromatic carbocycles. The molecular weight excluding hydrogens is 574 g/mol. The number of hydrogen-bond acceptors (Lipinski definition) is 10. The molecule has 2 fully saturated rings. The molecule has 0 radical (unpaired) electrons. The van der Waals surface area contributed by atoms with E-state index in [9.17, 15) is 14.7 Å². The lowest BCUT2D eigenvalue weighted by Crippen LogP contribution is -2.59. The molecule has 0 aromatic rings. The maximum Gasteiger partial charge on any atom is 0.319 e. The number of cyclic esters (lactones) is 1. The first-order valence-electron chi connectivity index (χ1n) is 17.1. The summed E-state index contributed by atoms with van der Waals surface area (Å²) >= 11 is 0. The van der Waals surface area contributed by atoms with Gasteiger partial charge in [0.2, 0.25) is 0 Å². The van der Waals surface area contributed by atoms with Crippen LogP contribution >= 0.6 is 0 Å². The molecule has 0 unspecified atom stereocenters. The van der Waals surface area contributed by atoms with Crippen LogP contribution in [0.2, 0.25) is 0 Å². The van der Waals surface area contributed by atoms with E-state index in [-0.39, 0.29) is 36.5 Å². The van der Waals surface area contributed by atoms with Gasteiger partial charge >= 0.3 is 5.97 Å². The van der Waals surface area contributed by atoms with Gasteiger partial charge in [-0.1, -0.05) is 32.4 Å². The van der Waals surface area contributed by atoms with Crippen molar-refractivity contribution in [3.63, 3.8) is 0 Å². The van der Waals surface area contributed by atoms with Crippen molar-refractivity contribution >= 4 is 11.8 Å². The third-order valence-electron chi connectivity index (χ3n) is 10.4. The van der Waals surface area contributed by atoms with E-state index in [0.29, 0.717) is 12.8 Å². The minimum Gasteiger partial charge on any atom is -0.463 e. The summed E-state index contributed by atoms with van der Waals surface area (Å²) in [4.78, 5) is 34.6. The Morgan fingerprint density at radius 2 is 1.84 bits per heavy atom. The lowest BCUT2D eigenvalue weighted by Gasteiger charge is -2.47. The first kappa shape index (κ1) is 38.1. The van der Waals surface area contributed by atoms with Crippen molar-refractivity contribution in [3.05, 3.63) is 11.6 Å². The van der Waals surface area contributed by atoms with Gasteiger partial charge in [-0.05, 0) is 93.4 Å².